The van der Waals surface area contributed by atoms with Gasteiger partial charge in [0.25, 0.3) is 0 Å². The fraction of sp³-hybridized carbons (Fsp3) is 0.115. The molecule has 1 aliphatic rings. The van der Waals surface area contributed by atoms with Gasteiger partial charge in [-0.1, -0.05) is 12.0 Å². The number of fused-ring (bicyclic) bond motifs is 2. The minimum atomic E-state index is -4.40. The van der Waals surface area contributed by atoms with Crippen LogP contribution in [0.25, 0.3) is 22.4 Å². The first-order valence-electron chi connectivity index (χ1n) is 11.1. The highest BCUT2D eigenvalue weighted by atomic mass is 19.4. The van der Waals surface area contributed by atoms with Crippen LogP contribution in [-0.2, 0) is 19.3 Å². The van der Waals surface area contributed by atoms with Crippen LogP contribution in [-0.4, -0.2) is 30.1 Å². The zero-order valence-corrected chi connectivity index (χ0v) is 18.9. The van der Waals surface area contributed by atoms with Crippen LogP contribution in [0, 0.1) is 17.7 Å². The van der Waals surface area contributed by atoms with Crippen molar-refractivity contribution in [2.75, 3.05) is 4.90 Å². The number of rotatable bonds is 2. The van der Waals surface area contributed by atoms with Gasteiger partial charge in [-0.05, 0) is 53.4 Å². The zero-order chi connectivity index (χ0) is 25.6. The number of alkyl halides is 3. The quantitative estimate of drug-likeness (QED) is 0.274. The lowest BCUT2D eigenvalue weighted by Crippen LogP contribution is -2.17. The van der Waals surface area contributed by atoms with E-state index >= 15 is 0 Å². The van der Waals surface area contributed by atoms with E-state index in [1.165, 1.54) is 24.4 Å². The summed E-state index contributed by atoms with van der Waals surface area (Å²) < 4.78 is 53.4. The van der Waals surface area contributed by atoms with Crippen molar-refractivity contribution >= 4 is 16.9 Å². The molecule has 37 heavy (non-hydrogen) atoms. The predicted octanol–water partition coefficient (Wildman–Crippen LogP) is 4.89. The van der Waals surface area contributed by atoms with Crippen LogP contribution in [0.5, 0.6) is 0 Å². The molecule has 0 amide bonds. The number of aromatic amines is 1. The Morgan fingerprint density at radius 1 is 0.892 bits per heavy atom. The third kappa shape index (κ3) is 4.45. The molecule has 6 rings (SSSR count). The van der Waals surface area contributed by atoms with Gasteiger partial charge in [0, 0.05) is 36.4 Å². The molecular weight excluding hydrogens is 486 g/mol. The van der Waals surface area contributed by atoms with E-state index in [2.05, 4.69) is 42.0 Å². The molecule has 0 fully saturated rings. The van der Waals surface area contributed by atoms with Crippen LogP contribution in [0.15, 0.2) is 61.1 Å². The second-order valence-electron chi connectivity index (χ2n) is 8.39. The molecule has 0 aliphatic carbocycles. The molecule has 0 unspecified atom stereocenters. The van der Waals surface area contributed by atoms with Crippen LogP contribution in [0.3, 0.4) is 0 Å². The Kier molecular flexibility index (Phi) is 5.30. The molecule has 5 aromatic rings. The second-order valence-corrected chi connectivity index (χ2v) is 8.39. The summed E-state index contributed by atoms with van der Waals surface area (Å²) in [6.07, 6.45) is 0.211. The maximum atomic E-state index is 14.2. The van der Waals surface area contributed by atoms with E-state index in [0.29, 0.717) is 51.7 Å². The number of nitrogens with one attached hydrogen (secondary N) is 1. The maximum absolute atomic E-state index is 14.2. The molecule has 2 aromatic carbocycles. The third-order valence-electron chi connectivity index (χ3n) is 5.90. The maximum Gasteiger partial charge on any atom is 0.416 e. The van der Waals surface area contributed by atoms with Crippen molar-refractivity contribution in [2.45, 2.75) is 19.3 Å². The second kappa shape index (κ2) is 8.67. The molecule has 7 nitrogen and oxygen atoms in total. The van der Waals surface area contributed by atoms with Gasteiger partial charge in [0.1, 0.15) is 22.7 Å². The molecule has 1 aliphatic heterocycles. The Morgan fingerprint density at radius 2 is 1.73 bits per heavy atom. The van der Waals surface area contributed by atoms with E-state index in [1.807, 2.05) is 0 Å². The average molecular weight is 501 g/mol. The van der Waals surface area contributed by atoms with Crippen molar-refractivity contribution in [2.24, 2.45) is 0 Å². The lowest BCUT2D eigenvalue weighted by atomic mass is 10.1. The Balaban J connectivity index is 1.25. The summed E-state index contributed by atoms with van der Waals surface area (Å²) in [6, 6.07) is 10.0. The fourth-order valence-corrected chi connectivity index (χ4v) is 4.11. The molecule has 0 atom stereocenters. The summed E-state index contributed by atoms with van der Waals surface area (Å²) in [4.78, 5) is 19.3. The van der Waals surface area contributed by atoms with Crippen molar-refractivity contribution in [3.8, 4) is 23.4 Å². The smallest absolute Gasteiger partial charge is 0.332 e. The highest BCUT2D eigenvalue weighted by Gasteiger charge is 2.32. The summed E-state index contributed by atoms with van der Waals surface area (Å²) in [6.45, 7) is 0.646. The van der Waals surface area contributed by atoms with E-state index in [-0.39, 0.29) is 6.54 Å². The van der Waals surface area contributed by atoms with Crippen molar-refractivity contribution in [1.29, 1.82) is 0 Å². The number of benzene rings is 2. The van der Waals surface area contributed by atoms with E-state index in [9.17, 15) is 17.6 Å². The van der Waals surface area contributed by atoms with Crippen molar-refractivity contribution in [3.63, 3.8) is 0 Å². The van der Waals surface area contributed by atoms with E-state index in [1.54, 1.807) is 35.5 Å². The summed E-state index contributed by atoms with van der Waals surface area (Å²) in [5.74, 6) is 6.02. The molecule has 0 radical (unpaired) electrons. The zero-order valence-electron chi connectivity index (χ0n) is 18.9. The first-order valence-corrected chi connectivity index (χ1v) is 11.1. The van der Waals surface area contributed by atoms with E-state index in [4.69, 9.17) is 0 Å². The van der Waals surface area contributed by atoms with Gasteiger partial charge in [-0.2, -0.15) is 18.3 Å². The molecule has 4 heterocycles. The summed E-state index contributed by atoms with van der Waals surface area (Å²) in [7, 11) is 0. The Hall–Kier alpha value is -4.85. The largest absolute Gasteiger partial charge is 0.416 e. The Morgan fingerprint density at radius 3 is 2.59 bits per heavy atom. The molecule has 0 spiro atoms. The van der Waals surface area contributed by atoms with E-state index < -0.39 is 17.6 Å². The van der Waals surface area contributed by atoms with Crippen LogP contribution in [0.4, 0.5) is 23.5 Å². The van der Waals surface area contributed by atoms with Gasteiger partial charge >= 0.3 is 6.18 Å². The van der Waals surface area contributed by atoms with Crippen LogP contribution in [0.1, 0.15) is 27.9 Å². The summed E-state index contributed by atoms with van der Waals surface area (Å²) in [5, 5.41) is 7.04. The molecule has 0 saturated carbocycles. The number of H-pyrrole nitrogens is 1. The summed E-state index contributed by atoms with van der Waals surface area (Å²) >= 11 is 0. The van der Waals surface area contributed by atoms with Crippen molar-refractivity contribution < 1.29 is 17.6 Å². The van der Waals surface area contributed by atoms with Crippen LogP contribution >= 0.6 is 0 Å². The number of halogens is 4. The highest BCUT2D eigenvalue weighted by Crippen LogP contribution is 2.34. The van der Waals surface area contributed by atoms with E-state index in [0.717, 1.165) is 11.6 Å². The minimum absolute atomic E-state index is 0.257. The van der Waals surface area contributed by atoms with Crippen molar-refractivity contribution in [3.05, 3.63) is 94.8 Å². The number of hydrogen-bond donors (Lipinski definition) is 1. The third-order valence-corrected chi connectivity index (χ3v) is 5.90. The first kappa shape index (κ1) is 22.6. The Bertz CT molecular complexity index is 1720. The molecule has 3 aromatic heterocycles. The Labute approximate surface area is 207 Å². The highest BCUT2D eigenvalue weighted by molar-refractivity contribution is 5.80. The SMILES string of the molecule is Fc1cc(C#Cc2ccnc(-c3ccnc(N4Cc5ccc(C(F)(F)F)cc5C4)n3)n2)cc2cn[nH]c12. The standard InChI is InChI=1S/C26H15F4N7/c27-21-10-15(9-17-12-33-36-23(17)21)1-4-20-5-7-31-24(34-20)22-6-8-32-25(35-22)37-13-16-2-3-19(26(28,29)30)11-18(16)14-37/h2-3,5-12H,13-14H2,(H,33,36). The number of anilines is 1. The monoisotopic (exact) mass is 501 g/mol. The molecule has 0 saturated heterocycles. The molecule has 1 N–H and O–H groups in total. The van der Waals surface area contributed by atoms with Gasteiger partial charge < -0.3 is 4.90 Å². The minimum Gasteiger partial charge on any atom is -0.332 e. The molecule has 11 heteroatoms. The number of nitrogens with zero attached hydrogens (tertiary/aromatic N) is 6. The number of hydrogen-bond acceptors (Lipinski definition) is 6. The van der Waals surface area contributed by atoms with Gasteiger partial charge in [0.05, 0.1) is 11.8 Å². The van der Waals surface area contributed by atoms with Crippen molar-refractivity contribution in [1.82, 2.24) is 30.1 Å². The summed E-state index contributed by atoms with van der Waals surface area (Å²) in [5.41, 5.74) is 2.33. The van der Waals surface area contributed by atoms with Gasteiger partial charge in [-0.3, -0.25) is 5.10 Å². The van der Waals surface area contributed by atoms with Gasteiger partial charge in [-0.25, -0.2) is 24.3 Å². The fourth-order valence-electron chi connectivity index (χ4n) is 4.11. The number of aromatic nitrogens is 6. The van der Waals surface area contributed by atoms with Gasteiger partial charge in [0.15, 0.2) is 5.82 Å². The molecule has 182 valence electrons. The topological polar surface area (TPSA) is 83.5 Å². The molecular formula is C26H15F4N7. The van der Waals surface area contributed by atoms with Gasteiger partial charge in [0.2, 0.25) is 5.95 Å². The predicted molar refractivity (Wildman–Crippen MR) is 126 cm³/mol. The lowest BCUT2D eigenvalue weighted by Gasteiger charge is -2.15. The van der Waals surface area contributed by atoms with Gasteiger partial charge in [-0.15, -0.1) is 0 Å². The average Bonchev–Trinajstić information content (AvgIpc) is 3.54. The molecule has 0 bridgehead atoms. The van der Waals surface area contributed by atoms with Crippen LogP contribution < -0.4 is 4.90 Å². The van der Waals surface area contributed by atoms with Crippen LogP contribution in [0.2, 0.25) is 0 Å². The first-order chi connectivity index (χ1) is 17.8. The lowest BCUT2D eigenvalue weighted by molar-refractivity contribution is -0.137. The normalized spacial score (nSPS) is 12.9.